The van der Waals surface area contributed by atoms with E-state index in [-0.39, 0.29) is 12.5 Å². The third-order valence-electron chi connectivity index (χ3n) is 6.74. The fraction of sp³-hybridized carbons (Fsp3) is 0.353. The molecule has 220 valence electrons. The van der Waals surface area contributed by atoms with Crippen LogP contribution in [0.1, 0.15) is 75.3 Å². The predicted octanol–water partition coefficient (Wildman–Crippen LogP) is 6.11. The molecule has 3 aromatic rings. The largest absolute Gasteiger partial charge is 0.479 e. The lowest BCUT2D eigenvalue weighted by Crippen LogP contribution is -2.38. The fourth-order valence-corrected chi connectivity index (χ4v) is 4.60. The van der Waals surface area contributed by atoms with Crippen molar-refractivity contribution in [2.75, 3.05) is 6.54 Å². The van der Waals surface area contributed by atoms with Crippen LogP contribution in [0.5, 0.6) is 5.75 Å². The van der Waals surface area contributed by atoms with E-state index in [9.17, 15) is 14.7 Å². The van der Waals surface area contributed by atoms with Gasteiger partial charge >= 0.3 is 11.9 Å². The van der Waals surface area contributed by atoms with E-state index in [1.807, 2.05) is 24.3 Å². The Morgan fingerprint density at radius 1 is 0.878 bits per heavy atom. The van der Waals surface area contributed by atoms with Gasteiger partial charge in [-0.3, -0.25) is 4.90 Å². The zero-order valence-corrected chi connectivity index (χ0v) is 24.7. The molecule has 41 heavy (non-hydrogen) atoms. The molecule has 0 bridgehead atoms. The number of aliphatic carboxylic acids is 1. The number of rotatable bonds is 12. The smallest absolute Gasteiger partial charge is 0.338 e. The number of ether oxygens (including phenoxy) is 1. The van der Waals surface area contributed by atoms with Gasteiger partial charge in [-0.1, -0.05) is 73.3 Å². The lowest BCUT2D eigenvalue weighted by molar-refractivity contribution is -0.147. The third kappa shape index (κ3) is 10.3. The summed E-state index contributed by atoms with van der Waals surface area (Å²) in [7, 11) is 0. The first kappa shape index (κ1) is 33.4. The molecule has 2 atom stereocenters. The van der Waals surface area contributed by atoms with Crippen molar-refractivity contribution >= 4 is 11.9 Å². The normalized spacial score (nSPS) is 12.4. The van der Waals surface area contributed by atoms with Crippen LogP contribution in [-0.4, -0.2) is 50.8 Å². The molecule has 0 aliphatic carbocycles. The van der Waals surface area contributed by atoms with E-state index in [0.29, 0.717) is 29.0 Å². The van der Waals surface area contributed by atoms with Gasteiger partial charge in [0, 0.05) is 29.1 Å². The molecule has 0 saturated carbocycles. The molecule has 0 aliphatic heterocycles. The van der Waals surface area contributed by atoms with E-state index in [1.54, 1.807) is 49.4 Å². The van der Waals surface area contributed by atoms with E-state index in [2.05, 4.69) is 51.3 Å². The lowest BCUT2D eigenvalue weighted by Gasteiger charge is -2.32. The Labute approximate surface area is 243 Å². The second-order valence-electron chi connectivity index (χ2n) is 10.5. The van der Waals surface area contributed by atoms with Gasteiger partial charge in [0.1, 0.15) is 5.75 Å². The number of benzene rings is 3. The monoisotopic (exact) mass is 561 g/mol. The maximum Gasteiger partial charge on any atom is 0.338 e. The molecule has 3 aromatic carbocycles. The van der Waals surface area contributed by atoms with Crippen LogP contribution in [0, 0.1) is 0 Å². The number of aliphatic hydroxyl groups is 2. The van der Waals surface area contributed by atoms with E-state index in [1.165, 1.54) is 0 Å². The number of aliphatic hydroxyl groups excluding tert-OH is 2. The molecule has 0 spiro atoms. The number of hydrogen-bond donors (Lipinski definition) is 3. The van der Waals surface area contributed by atoms with Crippen molar-refractivity contribution in [3.8, 4) is 5.75 Å². The zero-order chi connectivity index (χ0) is 30.5. The minimum Gasteiger partial charge on any atom is -0.479 e. The summed E-state index contributed by atoms with van der Waals surface area (Å²) in [5.74, 6) is -1.11. The number of esters is 1. The molecule has 7 heteroatoms. The number of nitrogens with zero attached hydrogens (tertiary/aromatic N) is 1. The molecule has 0 amide bonds. The van der Waals surface area contributed by atoms with Crippen LogP contribution >= 0.6 is 0 Å². The second kappa shape index (κ2) is 16.5. The number of carbonyl (C=O) groups is 2. The van der Waals surface area contributed by atoms with Gasteiger partial charge in [0.25, 0.3) is 0 Å². The molecule has 0 aliphatic rings. The number of carboxylic acid groups (broad SMARTS) is 1. The van der Waals surface area contributed by atoms with Crippen LogP contribution in [0.4, 0.5) is 0 Å². The van der Waals surface area contributed by atoms with Crippen LogP contribution in [0.25, 0.3) is 0 Å². The van der Waals surface area contributed by atoms with E-state index < -0.39 is 18.0 Å². The van der Waals surface area contributed by atoms with Crippen molar-refractivity contribution in [2.24, 2.45) is 0 Å². The molecule has 0 unspecified atom stereocenters. The lowest BCUT2D eigenvalue weighted by atomic mass is 9.86. The molecule has 7 nitrogen and oxygen atoms in total. The van der Waals surface area contributed by atoms with Crippen LogP contribution in [-0.2, 0) is 16.2 Å². The fourth-order valence-electron chi connectivity index (χ4n) is 4.60. The van der Waals surface area contributed by atoms with Crippen LogP contribution < -0.4 is 4.74 Å². The van der Waals surface area contributed by atoms with Gasteiger partial charge in [-0.05, 0) is 76.4 Å². The number of carboxylic acids is 1. The van der Waals surface area contributed by atoms with Crippen molar-refractivity contribution < 1.29 is 29.6 Å². The van der Waals surface area contributed by atoms with Gasteiger partial charge in [-0.15, -0.1) is 0 Å². The van der Waals surface area contributed by atoms with Gasteiger partial charge in [0.2, 0.25) is 0 Å². The summed E-state index contributed by atoms with van der Waals surface area (Å²) < 4.78 is 5.68. The van der Waals surface area contributed by atoms with E-state index >= 15 is 0 Å². The highest BCUT2D eigenvalue weighted by molar-refractivity contribution is 5.89. The van der Waals surface area contributed by atoms with Gasteiger partial charge in [0.15, 0.2) is 6.10 Å². The molecule has 0 aromatic heterocycles. The summed E-state index contributed by atoms with van der Waals surface area (Å²) in [5, 5.41) is 27.1. The number of carbonyl (C=O) groups excluding carboxylic acids is 1. The topological polar surface area (TPSA) is 107 Å². The first-order valence-corrected chi connectivity index (χ1v) is 13.8. The molecule has 3 rings (SSSR count). The maximum absolute atomic E-state index is 12.2. The summed E-state index contributed by atoms with van der Waals surface area (Å²) in [4.78, 5) is 25.0. The molecule has 0 radical (unpaired) electrons. The average Bonchev–Trinajstić information content (AvgIpc) is 2.96. The average molecular weight is 562 g/mol. The molecule has 0 heterocycles. The van der Waals surface area contributed by atoms with Gasteiger partial charge in [-0.25, -0.2) is 9.59 Å². The summed E-state index contributed by atoms with van der Waals surface area (Å²) in [6.45, 7) is 15.0. The standard InChI is InChI=1S/C26H35NO3.C8H8O3/c1-18(2)26(29)30-25-13-12-21(17-28)16-24(25)23(22-10-8-7-9-11-22)14-15-27(19(3)4)20(5)6;9-7(8(10)11)6-4-2-1-3-5-6/h7-13,16,19-20,23,28H,1,14-15,17H2,2-6H3;1-5,7,9H,(H,10,11)/t23-;7-/m10/s1. The minimum atomic E-state index is -1.41. The van der Waals surface area contributed by atoms with Crippen LogP contribution in [0.3, 0.4) is 0 Å². The Morgan fingerprint density at radius 3 is 1.88 bits per heavy atom. The van der Waals surface area contributed by atoms with E-state index in [0.717, 1.165) is 29.7 Å². The molecule has 0 saturated heterocycles. The van der Waals surface area contributed by atoms with Gasteiger partial charge < -0.3 is 20.1 Å². The Bertz CT molecular complexity index is 1250. The Kier molecular flexibility index (Phi) is 13.4. The van der Waals surface area contributed by atoms with Crippen LogP contribution in [0.15, 0.2) is 91.0 Å². The summed E-state index contributed by atoms with van der Waals surface area (Å²) in [6.07, 6.45) is -0.538. The maximum atomic E-state index is 12.2. The van der Waals surface area contributed by atoms with Crippen molar-refractivity contribution in [1.82, 2.24) is 4.90 Å². The Balaban J connectivity index is 0.000000446. The summed E-state index contributed by atoms with van der Waals surface area (Å²) >= 11 is 0. The Hall–Kier alpha value is -3.78. The zero-order valence-electron chi connectivity index (χ0n) is 24.7. The molecular formula is C34H43NO6. The second-order valence-corrected chi connectivity index (χ2v) is 10.5. The first-order valence-electron chi connectivity index (χ1n) is 13.8. The van der Waals surface area contributed by atoms with Crippen molar-refractivity contribution in [2.45, 2.75) is 71.8 Å². The minimum absolute atomic E-state index is 0.0330. The summed E-state index contributed by atoms with van der Waals surface area (Å²) in [6, 6.07) is 24.9. The first-order chi connectivity index (χ1) is 19.5. The van der Waals surface area contributed by atoms with Gasteiger partial charge in [-0.2, -0.15) is 0 Å². The SMILES string of the molecule is C=C(C)C(=O)Oc1ccc(CO)cc1[C@H](CCN(C(C)C)C(C)C)c1ccccc1.O=C(O)[C@@H](O)c1ccccc1. The van der Waals surface area contributed by atoms with E-state index in [4.69, 9.17) is 14.9 Å². The van der Waals surface area contributed by atoms with Crippen molar-refractivity contribution in [1.29, 1.82) is 0 Å². The predicted molar refractivity (Wildman–Crippen MR) is 162 cm³/mol. The number of hydrogen-bond acceptors (Lipinski definition) is 6. The quantitative estimate of drug-likeness (QED) is 0.139. The molecule has 0 fully saturated rings. The highest BCUT2D eigenvalue weighted by atomic mass is 16.5. The highest BCUT2D eigenvalue weighted by Crippen LogP contribution is 2.36. The highest BCUT2D eigenvalue weighted by Gasteiger charge is 2.23. The summed E-state index contributed by atoms with van der Waals surface area (Å²) in [5.41, 5.74) is 3.63. The van der Waals surface area contributed by atoms with Crippen molar-refractivity contribution in [3.63, 3.8) is 0 Å². The van der Waals surface area contributed by atoms with Crippen LogP contribution in [0.2, 0.25) is 0 Å². The molecular weight excluding hydrogens is 518 g/mol. The van der Waals surface area contributed by atoms with Gasteiger partial charge in [0.05, 0.1) is 6.61 Å². The third-order valence-corrected chi connectivity index (χ3v) is 6.74. The van der Waals surface area contributed by atoms with Crippen molar-refractivity contribution in [3.05, 3.63) is 113 Å². The molecule has 3 N–H and O–H groups in total. The Morgan fingerprint density at radius 2 is 1.41 bits per heavy atom.